The van der Waals surface area contributed by atoms with Gasteiger partial charge >= 0.3 is 0 Å². The van der Waals surface area contributed by atoms with E-state index >= 15 is 0 Å². The predicted molar refractivity (Wildman–Crippen MR) is 79.9 cm³/mol. The molecule has 0 aliphatic carbocycles. The summed E-state index contributed by atoms with van der Waals surface area (Å²) in [6.45, 7) is 5.56. The fraction of sp³-hybridized carbons (Fsp3) is 0.583. The third-order valence-electron chi connectivity index (χ3n) is 2.54. The first-order valence-corrected chi connectivity index (χ1v) is 7.49. The highest BCUT2D eigenvalue weighted by Crippen LogP contribution is 2.19. The first-order valence-electron chi connectivity index (χ1n) is 6.27. The van der Waals surface area contributed by atoms with E-state index in [2.05, 4.69) is 20.6 Å². The zero-order valence-corrected chi connectivity index (χ0v) is 12.7. The summed E-state index contributed by atoms with van der Waals surface area (Å²) in [4.78, 5) is 22.4. The van der Waals surface area contributed by atoms with E-state index in [1.54, 1.807) is 0 Å². The van der Waals surface area contributed by atoms with Crippen molar-refractivity contribution in [2.45, 2.75) is 19.0 Å². The van der Waals surface area contributed by atoms with E-state index in [0.29, 0.717) is 24.8 Å². The number of amides is 1. The van der Waals surface area contributed by atoms with Crippen molar-refractivity contribution in [3.05, 3.63) is 6.07 Å². The summed E-state index contributed by atoms with van der Waals surface area (Å²) >= 11 is 1.48. The molecule has 106 valence electrons. The van der Waals surface area contributed by atoms with Gasteiger partial charge in [0.05, 0.1) is 6.54 Å². The molecule has 0 radical (unpaired) electrons. The second kappa shape index (κ2) is 7.83. The Morgan fingerprint density at radius 3 is 2.68 bits per heavy atom. The molecule has 1 rings (SSSR count). The molecular formula is C12H21N5OS. The van der Waals surface area contributed by atoms with E-state index in [1.807, 2.05) is 38.1 Å². The summed E-state index contributed by atoms with van der Waals surface area (Å²) < 4.78 is 0. The molecule has 0 bridgehead atoms. The minimum absolute atomic E-state index is 0.000304. The molecule has 0 fully saturated rings. The van der Waals surface area contributed by atoms with Crippen LogP contribution in [0.4, 0.5) is 11.6 Å². The molecule has 0 saturated heterocycles. The average Bonchev–Trinajstić information content (AvgIpc) is 2.44. The Morgan fingerprint density at radius 1 is 1.42 bits per heavy atom. The van der Waals surface area contributed by atoms with Crippen LogP contribution in [-0.2, 0) is 4.79 Å². The number of thioether (sulfide) groups is 1. The smallest absolute Gasteiger partial charge is 0.239 e. The number of carbonyl (C=O) groups is 1. The van der Waals surface area contributed by atoms with Gasteiger partial charge in [-0.05, 0) is 20.1 Å². The lowest BCUT2D eigenvalue weighted by Gasteiger charge is -2.22. The number of hydrogen-bond acceptors (Lipinski definition) is 6. The molecular weight excluding hydrogens is 262 g/mol. The topological polar surface area (TPSA) is 70.2 Å². The maximum Gasteiger partial charge on any atom is 0.239 e. The molecule has 0 aliphatic heterocycles. The van der Waals surface area contributed by atoms with E-state index in [9.17, 15) is 4.79 Å². The van der Waals surface area contributed by atoms with Crippen LogP contribution in [0.25, 0.3) is 0 Å². The maximum atomic E-state index is 11.7. The quantitative estimate of drug-likeness (QED) is 0.579. The number of nitrogens with one attached hydrogen (secondary N) is 2. The fourth-order valence-corrected chi connectivity index (χ4v) is 1.95. The molecule has 0 atom stereocenters. The predicted octanol–water partition coefficient (Wildman–Crippen LogP) is 1.20. The summed E-state index contributed by atoms with van der Waals surface area (Å²) in [5.41, 5.74) is 0. The molecule has 0 aromatic carbocycles. The van der Waals surface area contributed by atoms with Crippen molar-refractivity contribution >= 4 is 29.3 Å². The van der Waals surface area contributed by atoms with Crippen LogP contribution < -0.4 is 15.5 Å². The summed E-state index contributed by atoms with van der Waals surface area (Å²) in [5.74, 6) is 1.51. The molecule has 2 N–H and O–H groups in total. The van der Waals surface area contributed by atoms with Crippen molar-refractivity contribution in [3.63, 3.8) is 0 Å². The van der Waals surface area contributed by atoms with Gasteiger partial charge in [0.2, 0.25) is 5.91 Å². The van der Waals surface area contributed by atoms with Gasteiger partial charge in [-0.3, -0.25) is 4.79 Å². The summed E-state index contributed by atoms with van der Waals surface area (Å²) in [7, 11) is 1.82. The van der Waals surface area contributed by atoms with E-state index in [4.69, 9.17) is 0 Å². The third-order valence-corrected chi connectivity index (χ3v) is 3.09. The number of likely N-dealkylation sites (N-methyl/N-ethyl adjacent to an activating group) is 2. The molecule has 1 amide bonds. The lowest BCUT2D eigenvalue weighted by atomic mass is 10.4. The SMILES string of the molecule is CCNC(=O)CN(CC)c1cc(NC)nc(SC)n1. The van der Waals surface area contributed by atoms with Gasteiger partial charge in [0.1, 0.15) is 11.6 Å². The molecule has 7 heteroatoms. The van der Waals surface area contributed by atoms with Gasteiger partial charge in [-0.15, -0.1) is 0 Å². The van der Waals surface area contributed by atoms with E-state index < -0.39 is 0 Å². The van der Waals surface area contributed by atoms with Crippen molar-refractivity contribution in [1.29, 1.82) is 0 Å². The van der Waals surface area contributed by atoms with Crippen molar-refractivity contribution in [2.75, 3.05) is 43.2 Å². The van der Waals surface area contributed by atoms with Crippen LogP contribution in [0.3, 0.4) is 0 Å². The van der Waals surface area contributed by atoms with Crippen LogP contribution >= 0.6 is 11.8 Å². The number of rotatable bonds is 7. The first kappa shape index (κ1) is 15.6. The van der Waals surface area contributed by atoms with E-state index in [1.165, 1.54) is 11.8 Å². The monoisotopic (exact) mass is 283 g/mol. The van der Waals surface area contributed by atoms with Crippen molar-refractivity contribution < 1.29 is 4.79 Å². The summed E-state index contributed by atoms with van der Waals surface area (Å²) in [6.07, 6.45) is 1.93. The normalized spacial score (nSPS) is 10.1. The zero-order valence-electron chi connectivity index (χ0n) is 11.9. The largest absolute Gasteiger partial charge is 0.373 e. The first-order chi connectivity index (χ1) is 9.14. The van der Waals surface area contributed by atoms with Gasteiger partial charge in [-0.1, -0.05) is 11.8 Å². The molecule has 0 aliphatic rings. The van der Waals surface area contributed by atoms with Gasteiger partial charge in [-0.2, -0.15) is 0 Å². The molecule has 1 heterocycles. The molecule has 0 spiro atoms. The van der Waals surface area contributed by atoms with Crippen LogP contribution in [0.5, 0.6) is 0 Å². The molecule has 0 unspecified atom stereocenters. The van der Waals surface area contributed by atoms with Crippen LogP contribution in [0.1, 0.15) is 13.8 Å². The number of hydrogen-bond donors (Lipinski definition) is 2. The number of anilines is 2. The zero-order chi connectivity index (χ0) is 14.3. The lowest BCUT2D eigenvalue weighted by molar-refractivity contribution is -0.119. The van der Waals surface area contributed by atoms with Gasteiger partial charge in [0.15, 0.2) is 5.16 Å². The molecule has 1 aromatic heterocycles. The Labute approximate surface area is 118 Å². The standard InChI is InChI=1S/C12H21N5OS/c1-5-14-11(18)8-17(6-2)10-7-9(13-3)15-12(16-10)19-4/h7H,5-6,8H2,1-4H3,(H,14,18)(H,13,15,16). The Morgan fingerprint density at radius 2 is 2.16 bits per heavy atom. The summed E-state index contributed by atoms with van der Waals surface area (Å²) in [6, 6.07) is 1.85. The second-order valence-electron chi connectivity index (χ2n) is 3.82. The molecule has 6 nitrogen and oxygen atoms in total. The molecule has 19 heavy (non-hydrogen) atoms. The minimum atomic E-state index is -0.000304. The maximum absolute atomic E-state index is 11.7. The lowest BCUT2D eigenvalue weighted by Crippen LogP contribution is -2.37. The molecule has 0 saturated carbocycles. The van der Waals surface area contributed by atoms with Crippen LogP contribution in [0.2, 0.25) is 0 Å². The van der Waals surface area contributed by atoms with Gasteiger partial charge in [0, 0.05) is 26.2 Å². The van der Waals surface area contributed by atoms with E-state index in [-0.39, 0.29) is 5.91 Å². The fourth-order valence-electron chi connectivity index (χ4n) is 1.58. The third kappa shape index (κ3) is 4.59. The summed E-state index contributed by atoms with van der Waals surface area (Å²) in [5, 5.41) is 6.49. The number of aromatic nitrogens is 2. The minimum Gasteiger partial charge on any atom is -0.373 e. The highest BCUT2D eigenvalue weighted by Gasteiger charge is 2.13. The Bertz CT molecular complexity index is 404. The van der Waals surface area contributed by atoms with Crippen molar-refractivity contribution in [1.82, 2.24) is 15.3 Å². The van der Waals surface area contributed by atoms with Crippen LogP contribution in [0, 0.1) is 0 Å². The van der Waals surface area contributed by atoms with Gasteiger partial charge in [0.25, 0.3) is 0 Å². The van der Waals surface area contributed by atoms with Crippen molar-refractivity contribution in [3.8, 4) is 0 Å². The number of carbonyl (C=O) groups excluding carboxylic acids is 1. The van der Waals surface area contributed by atoms with Gasteiger partial charge in [-0.25, -0.2) is 9.97 Å². The van der Waals surface area contributed by atoms with E-state index in [0.717, 1.165) is 11.6 Å². The highest BCUT2D eigenvalue weighted by molar-refractivity contribution is 7.98. The molecule has 1 aromatic rings. The van der Waals surface area contributed by atoms with Crippen LogP contribution in [-0.4, -0.2) is 48.8 Å². The van der Waals surface area contributed by atoms with Gasteiger partial charge < -0.3 is 15.5 Å². The Hall–Kier alpha value is -1.50. The van der Waals surface area contributed by atoms with Crippen LogP contribution in [0.15, 0.2) is 11.2 Å². The average molecular weight is 283 g/mol. The highest BCUT2D eigenvalue weighted by atomic mass is 32.2. The second-order valence-corrected chi connectivity index (χ2v) is 4.59. The van der Waals surface area contributed by atoms with Crippen molar-refractivity contribution in [2.24, 2.45) is 0 Å². The Balaban J connectivity index is 2.93. The Kier molecular flexibility index (Phi) is 6.41. The number of nitrogens with zero attached hydrogens (tertiary/aromatic N) is 3.